The molecule has 0 aliphatic carbocycles. The lowest BCUT2D eigenvalue weighted by molar-refractivity contribution is 0.326. The molecule has 1 nitrogen and oxygen atoms in total. The van der Waals surface area contributed by atoms with E-state index in [1.54, 1.807) is 6.07 Å². The van der Waals surface area contributed by atoms with E-state index in [-0.39, 0.29) is 11.2 Å². The standard InChI is InChI=1S/C13H20FN/c1-4-13(2,3)10-15-9-11-7-5-6-8-12(11)14/h5-8,15H,4,9-10H2,1-3H3. The first-order chi connectivity index (χ1) is 7.05. The third-order valence-corrected chi connectivity index (χ3v) is 2.83. The Labute approximate surface area is 91.7 Å². The molecular weight excluding hydrogens is 189 g/mol. The molecule has 1 aromatic rings. The van der Waals surface area contributed by atoms with Crippen LogP contribution in [0.15, 0.2) is 24.3 Å². The van der Waals surface area contributed by atoms with Gasteiger partial charge in [-0.2, -0.15) is 0 Å². The second-order valence-electron chi connectivity index (χ2n) is 4.71. The summed E-state index contributed by atoms with van der Waals surface area (Å²) in [5.74, 6) is -0.126. The lowest BCUT2D eigenvalue weighted by Crippen LogP contribution is -2.28. The van der Waals surface area contributed by atoms with Gasteiger partial charge in [0.15, 0.2) is 0 Å². The van der Waals surface area contributed by atoms with Crippen LogP contribution in [0.4, 0.5) is 4.39 Å². The van der Waals surface area contributed by atoms with E-state index in [4.69, 9.17) is 0 Å². The molecule has 0 radical (unpaired) electrons. The van der Waals surface area contributed by atoms with E-state index >= 15 is 0 Å². The molecule has 0 atom stereocenters. The topological polar surface area (TPSA) is 12.0 Å². The summed E-state index contributed by atoms with van der Waals surface area (Å²) in [6, 6.07) is 6.91. The van der Waals surface area contributed by atoms with Gasteiger partial charge >= 0.3 is 0 Å². The summed E-state index contributed by atoms with van der Waals surface area (Å²) in [4.78, 5) is 0. The predicted octanol–water partition coefficient (Wildman–Crippen LogP) is 3.35. The van der Waals surface area contributed by atoms with Crippen molar-refractivity contribution in [1.29, 1.82) is 0 Å². The molecule has 15 heavy (non-hydrogen) atoms. The van der Waals surface area contributed by atoms with Crippen LogP contribution in [-0.2, 0) is 6.54 Å². The highest BCUT2D eigenvalue weighted by Gasteiger charge is 2.14. The first-order valence-corrected chi connectivity index (χ1v) is 5.49. The van der Waals surface area contributed by atoms with E-state index < -0.39 is 0 Å². The van der Waals surface area contributed by atoms with Crippen molar-refractivity contribution in [2.24, 2.45) is 5.41 Å². The summed E-state index contributed by atoms with van der Waals surface area (Å²) in [7, 11) is 0. The van der Waals surface area contributed by atoms with Crippen molar-refractivity contribution in [2.45, 2.75) is 33.7 Å². The molecule has 0 saturated heterocycles. The first-order valence-electron chi connectivity index (χ1n) is 5.49. The molecule has 84 valence electrons. The van der Waals surface area contributed by atoms with Crippen molar-refractivity contribution in [2.75, 3.05) is 6.54 Å². The third-order valence-electron chi connectivity index (χ3n) is 2.83. The Bertz CT molecular complexity index is 307. The van der Waals surface area contributed by atoms with E-state index in [9.17, 15) is 4.39 Å². The van der Waals surface area contributed by atoms with Gasteiger partial charge in [-0.1, -0.05) is 39.0 Å². The molecule has 0 spiro atoms. The fourth-order valence-corrected chi connectivity index (χ4v) is 1.30. The minimum Gasteiger partial charge on any atom is -0.312 e. The maximum absolute atomic E-state index is 13.3. The van der Waals surface area contributed by atoms with Gasteiger partial charge in [-0.15, -0.1) is 0 Å². The van der Waals surface area contributed by atoms with Gasteiger partial charge in [0.2, 0.25) is 0 Å². The monoisotopic (exact) mass is 209 g/mol. The van der Waals surface area contributed by atoms with Gasteiger partial charge in [0.1, 0.15) is 5.82 Å². The normalized spacial score (nSPS) is 11.7. The van der Waals surface area contributed by atoms with Crippen molar-refractivity contribution in [1.82, 2.24) is 5.32 Å². The summed E-state index contributed by atoms with van der Waals surface area (Å²) in [5.41, 5.74) is 1.02. The van der Waals surface area contributed by atoms with Gasteiger partial charge in [0, 0.05) is 18.7 Å². The Morgan fingerprint density at radius 2 is 1.93 bits per heavy atom. The van der Waals surface area contributed by atoms with E-state index in [2.05, 4.69) is 26.1 Å². The van der Waals surface area contributed by atoms with Gasteiger partial charge in [0.25, 0.3) is 0 Å². The fourth-order valence-electron chi connectivity index (χ4n) is 1.30. The van der Waals surface area contributed by atoms with Crippen LogP contribution >= 0.6 is 0 Å². The quantitative estimate of drug-likeness (QED) is 0.784. The van der Waals surface area contributed by atoms with Crippen molar-refractivity contribution < 1.29 is 4.39 Å². The van der Waals surface area contributed by atoms with E-state index in [0.29, 0.717) is 6.54 Å². The smallest absolute Gasteiger partial charge is 0.127 e. The van der Waals surface area contributed by atoms with Gasteiger partial charge in [-0.3, -0.25) is 0 Å². The lowest BCUT2D eigenvalue weighted by atomic mass is 9.90. The van der Waals surface area contributed by atoms with Crippen molar-refractivity contribution in [3.8, 4) is 0 Å². The molecule has 1 aromatic carbocycles. The van der Waals surface area contributed by atoms with Crippen LogP contribution < -0.4 is 5.32 Å². The highest BCUT2D eigenvalue weighted by atomic mass is 19.1. The molecule has 2 heteroatoms. The maximum atomic E-state index is 13.3. The lowest BCUT2D eigenvalue weighted by Gasteiger charge is -2.23. The van der Waals surface area contributed by atoms with Crippen LogP contribution in [0, 0.1) is 11.2 Å². The SMILES string of the molecule is CCC(C)(C)CNCc1ccccc1F. The molecule has 0 heterocycles. The van der Waals surface area contributed by atoms with Crippen molar-refractivity contribution in [3.05, 3.63) is 35.6 Å². The van der Waals surface area contributed by atoms with Crippen molar-refractivity contribution >= 4 is 0 Å². The Hall–Kier alpha value is -0.890. The zero-order valence-electron chi connectivity index (χ0n) is 9.81. The second kappa shape index (κ2) is 5.26. The summed E-state index contributed by atoms with van der Waals surface area (Å²) < 4.78 is 13.3. The molecule has 1 rings (SSSR count). The summed E-state index contributed by atoms with van der Waals surface area (Å²) >= 11 is 0. The van der Waals surface area contributed by atoms with E-state index in [0.717, 1.165) is 18.5 Å². The number of halogens is 1. The van der Waals surface area contributed by atoms with Crippen LogP contribution in [0.5, 0.6) is 0 Å². The summed E-state index contributed by atoms with van der Waals surface area (Å²) in [5, 5.41) is 3.29. The largest absolute Gasteiger partial charge is 0.312 e. The first kappa shape index (κ1) is 12.2. The average Bonchev–Trinajstić information content (AvgIpc) is 2.21. The molecule has 0 unspecified atom stereocenters. The van der Waals surface area contributed by atoms with Gasteiger partial charge in [-0.05, 0) is 17.9 Å². The number of nitrogens with one attached hydrogen (secondary N) is 1. The number of hydrogen-bond acceptors (Lipinski definition) is 1. The summed E-state index contributed by atoms with van der Waals surface area (Å²) in [6.45, 7) is 8.11. The zero-order chi connectivity index (χ0) is 11.3. The number of benzene rings is 1. The molecule has 0 bridgehead atoms. The van der Waals surface area contributed by atoms with Gasteiger partial charge in [-0.25, -0.2) is 4.39 Å². The average molecular weight is 209 g/mol. The Balaban J connectivity index is 2.42. The van der Waals surface area contributed by atoms with Crippen molar-refractivity contribution in [3.63, 3.8) is 0 Å². The molecule has 0 fully saturated rings. The third kappa shape index (κ3) is 4.00. The van der Waals surface area contributed by atoms with Crippen LogP contribution in [-0.4, -0.2) is 6.54 Å². The summed E-state index contributed by atoms with van der Waals surface area (Å²) in [6.07, 6.45) is 1.12. The van der Waals surface area contributed by atoms with Crippen LogP contribution in [0.3, 0.4) is 0 Å². The predicted molar refractivity (Wildman–Crippen MR) is 62.2 cm³/mol. The molecule has 0 saturated carbocycles. The van der Waals surface area contributed by atoms with Crippen LogP contribution in [0.25, 0.3) is 0 Å². The van der Waals surface area contributed by atoms with Gasteiger partial charge in [0.05, 0.1) is 0 Å². The minimum atomic E-state index is -0.126. The fraction of sp³-hybridized carbons (Fsp3) is 0.538. The highest BCUT2D eigenvalue weighted by Crippen LogP contribution is 2.18. The molecule has 0 amide bonds. The minimum absolute atomic E-state index is 0.126. The highest BCUT2D eigenvalue weighted by molar-refractivity contribution is 5.16. The van der Waals surface area contributed by atoms with E-state index in [1.807, 2.05) is 12.1 Å². The Morgan fingerprint density at radius 3 is 2.53 bits per heavy atom. The van der Waals surface area contributed by atoms with Crippen LogP contribution in [0.1, 0.15) is 32.8 Å². The Kier molecular flexibility index (Phi) is 4.28. The number of hydrogen-bond donors (Lipinski definition) is 1. The van der Waals surface area contributed by atoms with Gasteiger partial charge < -0.3 is 5.32 Å². The molecule has 1 N–H and O–H groups in total. The Morgan fingerprint density at radius 1 is 1.27 bits per heavy atom. The second-order valence-corrected chi connectivity index (χ2v) is 4.71. The maximum Gasteiger partial charge on any atom is 0.127 e. The van der Waals surface area contributed by atoms with Crippen LogP contribution in [0.2, 0.25) is 0 Å². The molecular formula is C13H20FN. The molecule has 0 aliphatic rings. The number of rotatable bonds is 5. The molecule has 0 aliphatic heterocycles. The van der Waals surface area contributed by atoms with E-state index in [1.165, 1.54) is 6.07 Å². The molecule has 0 aromatic heterocycles. The zero-order valence-corrected chi connectivity index (χ0v) is 9.81.